The quantitative estimate of drug-likeness (QED) is 0.700. The Hall–Kier alpha value is -2.76. The van der Waals surface area contributed by atoms with Crippen molar-refractivity contribution >= 4 is 6.09 Å². The molecule has 1 amide bonds. The molecular formula is C24H32N2O4. The van der Waals surface area contributed by atoms with E-state index in [0.29, 0.717) is 24.9 Å². The number of carbonyl (C=O) groups excluding carboxylic acids is 1. The lowest BCUT2D eigenvalue weighted by Crippen LogP contribution is -2.42. The third-order valence-corrected chi connectivity index (χ3v) is 4.81. The zero-order valence-electron chi connectivity index (χ0n) is 18.7. The summed E-state index contributed by atoms with van der Waals surface area (Å²) < 4.78 is 17.4. The normalized spacial score (nSPS) is 13.7. The maximum absolute atomic E-state index is 12.2. The predicted octanol–water partition coefficient (Wildman–Crippen LogP) is 5.27. The number of hydrogen-bond acceptors (Lipinski definition) is 5. The summed E-state index contributed by atoms with van der Waals surface area (Å²) in [6.07, 6.45) is 2.19. The summed E-state index contributed by atoms with van der Waals surface area (Å²) in [7, 11) is 0. The van der Waals surface area contributed by atoms with E-state index in [1.807, 2.05) is 58.2 Å². The molecule has 0 saturated heterocycles. The van der Waals surface area contributed by atoms with E-state index in [0.717, 1.165) is 34.6 Å². The molecule has 6 heteroatoms. The van der Waals surface area contributed by atoms with Crippen molar-refractivity contribution in [3.63, 3.8) is 0 Å². The highest BCUT2D eigenvalue weighted by molar-refractivity contribution is 5.76. The van der Waals surface area contributed by atoms with Crippen LogP contribution in [0.15, 0.2) is 30.5 Å². The molecule has 1 aliphatic heterocycles. The van der Waals surface area contributed by atoms with Crippen molar-refractivity contribution in [1.29, 1.82) is 0 Å². The van der Waals surface area contributed by atoms with Crippen LogP contribution in [0.4, 0.5) is 4.79 Å². The number of rotatable bonds is 6. The molecule has 0 radical (unpaired) electrons. The molecule has 2 heterocycles. The molecule has 0 aliphatic carbocycles. The summed E-state index contributed by atoms with van der Waals surface area (Å²) in [5, 5.41) is 2.93. The van der Waals surface area contributed by atoms with E-state index >= 15 is 0 Å². The molecule has 1 atom stereocenters. The van der Waals surface area contributed by atoms with Crippen molar-refractivity contribution in [1.82, 2.24) is 10.3 Å². The SMILES string of the molecule is Cc1nccc2c1COc1cc(OCC(CC(C)C)NC(=O)OC(C)(C)C)ccc1-2. The van der Waals surface area contributed by atoms with Gasteiger partial charge in [0.05, 0.1) is 6.04 Å². The summed E-state index contributed by atoms with van der Waals surface area (Å²) in [5.74, 6) is 1.92. The van der Waals surface area contributed by atoms with Gasteiger partial charge in [-0.3, -0.25) is 4.98 Å². The van der Waals surface area contributed by atoms with Crippen LogP contribution in [0.25, 0.3) is 11.1 Å². The monoisotopic (exact) mass is 412 g/mol. The molecule has 0 bridgehead atoms. The first-order chi connectivity index (χ1) is 14.1. The highest BCUT2D eigenvalue weighted by Crippen LogP contribution is 2.40. The van der Waals surface area contributed by atoms with Crippen molar-refractivity contribution in [2.24, 2.45) is 5.92 Å². The number of nitrogens with one attached hydrogen (secondary N) is 1. The number of fused-ring (bicyclic) bond motifs is 3. The second-order valence-corrected chi connectivity index (χ2v) is 9.15. The fourth-order valence-corrected chi connectivity index (χ4v) is 3.52. The number of amides is 1. The Bertz CT molecular complexity index is 903. The molecule has 1 aromatic carbocycles. The predicted molar refractivity (Wildman–Crippen MR) is 117 cm³/mol. The molecule has 30 heavy (non-hydrogen) atoms. The number of hydrogen-bond donors (Lipinski definition) is 1. The van der Waals surface area contributed by atoms with Crippen LogP contribution in [0.5, 0.6) is 11.5 Å². The van der Waals surface area contributed by atoms with Gasteiger partial charge in [-0.15, -0.1) is 0 Å². The summed E-state index contributed by atoms with van der Waals surface area (Å²) in [5.41, 5.74) is 3.77. The van der Waals surface area contributed by atoms with E-state index in [-0.39, 0.29) is 6.04 Å². The molecule has 0 saturated carbocycles. The summed E-state index contributed by atoms with van der Waals surface area (Å²) in [6, 6.07) is 7.74. The molecule has 1 unspecified atom stereocenters. The Labute approximate surface area is 178 Å². The van der Waals surface area contributed by atoms with Crippen LogP contribution < -0.4 is 14.8 Å². The van der Waals surface area contributed by atoms with Crippen molar-refractivity contribution in [2.45, 2.75) is 66.2 Å². The maximum atomic E-state index is 12.2. The Morgan fingerprint density at radius 2 is 2.00 bits per heavy atom. The first kappa shape index (κ1) is 21.9. The van der Waals surface area contributed by atoms with Crippen LogP contribution in [0.3, 0.4) is 0 Å². The maximum Gasteiger partial charge on any atom is 0.407 e. The largest absolute Gasteiger partial charge is 0.491 e. The average molecular weight is 413 g/mol. The number of pyridine rings is 1. The summed E-state index contributed by atoms with van der Waals surface area (Å²) >= 11 is 0. The van der Waals surface area contributed by atoms with Gasteiger partial charge in [0.1, 0.15) is 30.3 Å². The molecule has 162 valence electrons. The molecule has 0 fully saturated rings. The fraction of sp³-hybridized carbons (Fsp3) is 0.500. The van der Waals surface area contributed by atoms with Gasteiger partial charge in [-0.2, -0.15) is 0 Å². The third kappa shape index (κ3) is 5.65. The smallest absolute Gasteiger partial charge is 0.407 e. The van der Waals surface area contributed by atoms with E-state index in [9.17, 15) is 4.79 Å². The lowest BCUT2D eigenvalue weighted by molar-refractivity contribution is 0.0480. The first-order valence-corrected chi connectivity index (χ1v) is 10.5. The third-order valence-electron chi connectivity index (χ3n) is 4.81. The Kier molecular flexibility index (Phi) is 6.54. The fourth-order valence-electron chi connectivity index (χ4n) is 3.52. The highest BCUT2D eigenvalue weighted by atomic mass is 16.6. The molecule has 6 nitrogen and oxygen atoms in total. The minimum Gasteiger partial charge on any atom is -0.491 e. The number of nitrogens with zero attached hydrogens (tertiary/aromatic N) is 1. The van der Waals surface area contributed by atoms with Gasteiger partial charge in [-0.25, -0.2) is 4.79 Å². The van der Waals surface area contributed by atoms with Crippen molar-refractivity contribution in [2.75, 3.05) is 6.61 Å². The molecule has 1 aliphatic rings. The number of aryl methyl sites for hydroxylation is 1. The first-order valence-electron chi connectivity index (χ1n) is 10.5. The van der Waals surface area contributed by atoms with E-state index in [1.165, 1.54) is 0 Å². The minimum absolute atomic E-state index is 0.147. The van der Waals surface area contributed by atoms with Gasteiger partial charge < -0.3 is 19.5 Å². The minimum atomic E-state index is -0.534. The summed E-state index contributed by atoms with van der Waals surface area (Å²) in [4.78, 5) is 16.5. The van der Waals surface area contributed by atoms with Crippen molar-refractivity contribution in [3.8, 4) is 22.6 Å². The van der Waals surface area contributed by atoms with Crippen LogP contribution in [-0.4, -0.2) is 29.3 Å². The molecule has 3 rings (SSSR count). The zero-order chi connectivity index (χ0) is 21.9. The number of carbonyl (C=O) groups is 1. The topological polar surface area (TPSA) is 69.7 Å². The van der Waals surface area contributed by atoms with Gasteiger partial charge >= 0.3 is 6.09 Å². The zero-order valence-corrected chi connectivity index (χ0v) is 18.7. The van der Waals surface area contributed by atoms with Crippen LogP contribution in [-0.2, 0) is 11.3 Å². The number of ether oxygens (including phenoxy) is 3. The molecule has 2 aromatic rings. The lowest BCUT2D eigenvalue weighted by Gasteiger charge is -2.25. The van der Waals surface area contributed by atoms with Crippen LogP contribution >= 0.6 is 0 Å². The Morgan fingerprint density at radius 3 is 2.70 bits per heavy atom. The molecule has 0 spiro atoms. The van der Waals surface area contributed by atoms with Gasteiger partial charge in [-0.05, 0) is 63.8 Å². The Balaban J connectivity index is 1.69. The van der Waals surface area contributed by atoms with E-state index in [4.69, 9.17) is 14.2 Å². The van der Waals surface area contributed by atoms with Gasteiger partial charge in [-0.1, -0.05) is 13.8 Å². The van der Waals surface area contributed by atoms with Crippen LogP contribution in [0.2, 0.25) is 0 Å². The van der Waals surface area contributed by atoms with E-state index < -0.39 is 11.7 Å². The average Bonchev–Trinajstić information content (AvgIpc) is 2.64. The van der Waals surface area contributed by atoms with E-state index in [1.54, 1.807) is 0 Å². The number of alkyl carbamates (subject to hydrolysis) is 1. The van der Waals surface area contributed by atoms with E-state index in [2.05, 4.69) is 24.1 Å². The Morgan fingerprint density at radius 1 is 1.23 bits per heavy atom. The molecule has 1 aromatic heterocycles. The second kappa shape index (κ2) is 8.94. The lowest BCUT2D eigenvalue weighted by atomic mass is 9.97. The van der Waals surface area contributed by atoms with Gasteiger partial charge in [0.15, 0.2) is 0 Å². The van der Waals surface area contributed by atoms with Crippen molar-refractivity contribution in [3.05, 3.63) is 41.7 Å². The van der Waals surface area contributed by atoms with Gasteiger partial charge in [0, 0.05) is 29.1 Å². The van der Waals surface area contributed by atoms with Gasteiger partial charge in [0.25, 0.3) is 0 Å². The van der Waals surface area contributed by atoms with Crippen molar-refractivity contribution < 1.29 is 19.0 Å². The van der Waals surface area contributed by atoms with Crippen LogP contribution in [0, 0.1) is 12.8 Å². The standard InChI is InChI=1S/C24H32N2O4/c1-15(2)11-17(26-23(27)30-24(4,5)6)13-28-18-7-8-20-19-9-10-25-16(3)21(19)14-29-22(20)12-18/h7-10,12,15,17H,11,13-14H2,1-6H3,(H,26,27). The molecular weight excluding hydrogens is 380 g/mol. The number of aromatic nitrogens is 1. The second-order valence-electron chi connectivity index (χ2n) is 9.15. The van der Waals surface area contributed by atoms with Gasteiger partial charge in [0.2, 0.25) is 0 Å². The van der Waals surface area contributed by atoms with Crippen LogP contribution in [0.1, 0.15) is 52.3 Å². The summed E-state index contributed by atoms with van der Waals surface area (Å²) in [6.45, 7) is 12.6. The highest BCUT2D eigenvalue weighted by Gasteiger charge is 2.22. The number of benzene rings is 1. The molecule has 1 N–H and O–H groups in total.